The van der Waals surface area contributed by atoms with E-state index < -0.39 is 11.6 Å². The van der Waals surface area contributed by atoms with E-state index in [0.29, 0.717) is 6.42 Å². The Morgan fingerprint density at radius 2 is 2.41 bits per heavy atom. The molecule has 0 aliphatic heterocycles. The van der Waals surface area contributed by atoms with Gasteiger partial charge in [-0.25, -0.2) is 9.78 Å². The zero-order valence-corrected chi connectivity index (χ0v) is 9.90. The van der Waals surface area contributed by atoms with Crippen LogP contribution >= 0.6 is 0 Å². The summed E-state index contributed by atoms with van der Waals surface area (Å²) in [6, 6.07) is -0.646. The third-order valence-electron chi connectivity index (χ3n) is 2.32. The minimum Gasteiger partial charge on any atom is -0.451 e. The number of rotatable bonds is 7. The maximum absolute atomic E-state index is 11.8. The summed E-state index contributed by atoms with van der Waals surface area (Å²) in [5.74, 6) is -0.173. The van der Waals surface area contributed by atoms with Crippen LogP contribution in [-0.4, -0.2) is 33.9 Å². The van der Waals surface area contributed by atoms with Crippen molar-refractivity contribution in [2.45, 2.75) is 38.3 Å². The molecular weight excluding hydrogens is 222 g/mol. The average molecular weight is 238 g/mol. The molecule has 3 N–H and O–H groups in total. The highest BCUT2D eigenvalue weighted by atomic mass is 16.5. The predicted octanol–water partition coefficient (Wildman–Crippen LogP) is 0.101. The van der Waals surface area contributed by atoms with Crippen LogP contribution in [0, 0.1) is 0 Å². The maximum atomic E-state index is 11.8. The number of nitrogens with two attached hydrogens (primary N) is 1. The highest BCUT2D eigenvalue weighted by molar-refractivity contribution is 5.85. The van der Waals surface area contributed by atoms with Gasteiger partial charge in [0.25, 0.3) is 0 Å². The standard InChI is InChI=1S/C11H16N3O3/c1-11(2,17-7-15)4-10(16)9(12)3-8-5-13-6-14-8/h5-6,9H,3-4,12H2,1-2H3,(H,13,14). The summed E-state index contributed by atoms with van der Waals surface area (Å²) < 4.78 is 4.68. The number of nitrogens with zero attached hydrogens (tertiary/aromatic N) is 1. The Morgan fingerprint density at radius 3 is 2.94 bits per heavy atom. The number of H-pyrrole nitrogens is 1. The van der Waals surface area contributed by atoms with Crippen molar-refractivity contribution in [1.29, 1.82) is 0 Å². The molecule has 1 rings (SSSR count). The number of nitrogens with one attached hydrogen (secondary N) is 1. The number of hydrogen-bond donors (Lipinski definition) is 2. The van der Waals surface area contributed by atoms with E-state index >= 15 is 0 Å². The van der Waals surface area contributed by atoms with Crippen molar-refractivity contribution in [3.05, 3.63) is 18.2 Å². The number of ketones is 1. The molecule has 1 aromatic rings. The smallest absolute Gasteiger partial charge is 0.418 e. The SMILES string of the molecule is CC(C)(CC(=O)C(N)Cc1c[nH]cn1)O[C]=O. The molecule has 17 heavy (non-hydrogen) atoms. The van der Waals surface area contributed by atoms with Crippen molar-refractivity contribution in [2.75, 3.05) is 0 Å². The summed E-state index contributed by atoms with van der Waals surface area (Å²) >= 11 is 0. The van der Waals surface area contributed by atoms with E-state index in [1.54, 1.807) is 20.0 Å². The van der Waals surface area contributed by atoms with Gasteiger partial charge >= 0.3 is 6.47 Å². The zero-order valence-electron chi connectivity index (χ0n) is 9.90. The molecule has 0 bridgehead atoms. The molecule has 1 atom stereocenters. The van der Waals surface area contributed by atoms with Crippen LogP contribution < -0.4 is 5.73 Å². The van der Waals surface area contributed by atoms with E-state index in [0.717, 1.165) is 5.69 Å². The van der Waals surface area contributed by atoms with Gasteiger partial charge in [0, 0.05) is 19.0 Å². The number of hydrogen-bond acceptors (Lipinski definition) is 5. The fourth-order valence-electron chi connectivity index (χ4n) is 1.44. The van der Waals surface area contributed by atoms with Crippen LogP contribution in [-0.2, 0) is 20.7 Å². The summed E-state index contributed by atoms with van der Waals surface area (Å²) in [6.45, 7) is 4.61. The van der Waals surface area contributed by atoms with Crippen LogP contribution in [0.1, 0.15) is 26.0 Å². The quantitative estimate of drug-likeness (QED) is 0.702. The molecule has 1 unspecified atom stereocenters. The van der Waals surface area contributed by atoms with Gasteiger partial charge in [-0.1, -0.05) is 0 Å². The molecule has 0 aliphatic rings. The largest absolute Gasteiger partial charge is 0.451 e. The van der Waals surface area contributed by atoms with Gasteiger partial charge < -0.3 is 15.5 Å². The lowest BCUT2D eigenvalue weighted by Crippen LogP contribution is -2.38. The Bertz CT molecular complexity index is 373. The molecule has 1 radical (unpaired) electrons. The first kappa shape index (κ1) is 13.4. The van der Waals surface area contributed by atoms with Crippen LogP contribution in [0.25, 0.3) is 0 Å². The van der Waals surface area contributed by atoms with Gasteiger partial charge in [-0.2, -0.15) is 0 Å². The van der Waals surface area contributed by atoms with Crippen molar-refractivity contribution >= 4 is 12.3 Å². The van der Waals surface area contributed by atoms with Gasteiger partial charge in [-0.15, -0.1) is 0 Å². The minimum atomic E-state index is -0.873. The number of aromatic nitrogens is 2. The fourth-order valence-corrected chi connectivity index (χ4v) is 1.44. The Kier molecular flexibility index (Phi) is 4.39. The molecule has 0 saturated carbocycles. The molecule has 0 aliphatic carbocycles. The number of aromatic amines is 1. The first-order chi connectivity index (χ1) is 7.94. The fraction of sp³-hybridized carbons (Fsp3) is 0.545. The van der Waals surface area contributed by atoms with E-state index in [-0.39, 0.29) is 12.2 Å². The lowest BCUT2D eigenvalue weighted by Gasteiger charge is -2.22. The Morgan fingerprint density at radius 1 is 1.71 bits per heavy atom. The summed E-state index contributed by atoms with van der Waals surface area (Å²) in [5, 5.41) is 0. The predicted molar refractivity (Wildman–Crippen MR) is 60.7 cm³/mol. The lowest BCUT2D eigenvalue weighted by molar-refractivity contribution is -0.123. The molecular formula is C11H16N3O3. The minimum absolute atomic E-state index is 0.0633. The number of carbonyl (C=O) groups excluding carboxylic acids is 2. The van der Waals surface area contributed by atoms with Crippen molar-refractivity contribution in [2.24, 2.45) is 5.73 Å². The van der Waals surface area contributed by atoms with E-state index in [1.165, 1.54) is 12.8 Å². The Balaban J connectivity index is 2.49. The molecule has 0 amide bonds. The van der Waals surface area contributed by atoms with Crippen molar-refractivity contribution < 1.29 is 14.3 Å². The Labute approximate surface area is 99.6 Å². The van der Waals surface area contributed by atoms with Gasteiger partial charge in [0.15, 0.2) is 5.78 Å². The van der Waals surface area contributed by atoms with Crippen molar-refractivity contribution in [1.82, 2.24) is 9.97 Å². The summed E-state index contributed by atoms with van der Waals surface area (Å²) in [6.07, 6.45) is 3.64. The highest BCUT2D eigenvalue weighted by Crippen LogP contribution is 2.15. The molecule has 1 heterocycles. The molecule has 93 valence electrons. The van der Waals surface area contributed by atoms with Crippen LogP contribution in [0.5, 0.6) is 0 Å². The van der Waals surface area contributed by atoms with E-state index in [9.17, 15) is 9.59 Å². The summed E-state index contributed by atoms with van der Waals surface area (Å²) in [7, 11) is 0. The molecule has 0 aromatic carbocycles. The van der Waals surface area contributed by atoms with E-state index in [2.05, 4.69) is 14.7 Å². The van der Waals surface area contributed by atoms with E-state index in [1.807, 2.05) is 0 Å². The normalized spacial score (nSPS) is 13.1. The maximum Gasteiger partial charge on any atom is 0.418 e. The summed E-state index contributed by atoms with van der Waals surface area (Å²) in [5.41, 5.74) is 5.61. The summed E-state index contributed by atoms with van der Waals surface area (Å²) in [4.78, 5) is 28.7. The van der Waals surface area contributed by atoms with E-state index in [4.69, 9.17) is 5.73 Å². The molecule has 0 saturated heterocycles. The second kappa shape index (κ2) is 5.58. The molecule has 0 fully saturated rings. The first-order valence-electron chi connectivity index (χ1n) is 5.26. The molecule has 1 aromatic heterocycles. The molecule has 0 spiro atoms. The highest BCUT2D eigenvalue weighted by Gasteiger charge is 2.27. The lowest BCUT2D eigenvalue weighted by atomic mass is 9.96. The van der Waals surface area contributed by atoms with Crippen molar-refractivity contribution in [3.8, 4) is 0 Å². The van der Waals surface area contributed by atoms with Crippen LogP contribution in [0.2, 0.25) is 0 Å². The second-order valence-electron chi connectivity index (χ2n) is 4.46. The second-order valence-corrected chi connectivity index (χ2v) is 4.46. The monoisotopic (exact) mass is 238 g/mol. The number of ether oxygens (including phenoxy) is 1. The average Bonchev–Trinajstić information content (AvgIpc) is 2.69. The number of carbonyl (C=O) groups is 1. The van der Waals surface area contributed by atoms with Crippen LogP contribution in [0.4, 0.5) is 0 Å². The first-order valence-corrected chi connectivity index (χ1v) is 5.26. The third kappa shape index (κ3) is 4.36. The van der Waals surface area contributed by atoms with Gasteiger partial charge in [0.1, 0.15) is 5.60 Å². The van der Waals surface area contributed by atoms with Gasteiger partial charge in [0.2, 0.25) is 0 Å². The van der Waals surface area contributed by atoms with Crippen LogP contribution in [0.3, 0.4) is 0 Å². The number of imidazole rings is 1. The number of Topliss-reactive ketones (excluding diaryl/α,β-unsaturated/α-hetero) is 1. The van der Waals surface area contributed by atoms with Gasteiger partial charge in [-0.05, 0) is 13.8 Å². The van der Waals surface area contributed by atoms with Crippen molar-refractivity contribution in [3.63, 3.8) is 0 Å². The molecule has 6 heteroatoms. The van der Waals surface area contributed by atoms with Gasteiger partial charge in [0.05, 0.1) is 18.1 Å². The Hall–Kier alpha value is -1.69. The van der Waals surface area contributed by atoms with Gasteiger partial charge in [-0.3, -0.25) is 4.79 Å². The van der Waals surface area contributed by atoms with Crippen LogP contribution in [0.15, 0.2) is 12.5 Å². The third-order valence-corrected chi connectivity index (χ3v) is 2.32. The topological polar surface area (TPSA) is 98.1 Å². The zero-order chi connectivity index (χ0) is 12.9. The molecule has 6 nitrogen and oxygen atoms in total.